The van der Waals surface area contributed by atoms with E-state index in [4.69, 9.17) is 19.2 Å². The predicted molar refractivity (Wildman–Crippen MR) is 268 cm³/mol. The van der Waals surface area contributed by atoms with Crippen molar-refractivity contribution in [1.82, 2.24) is 15.6 Å². The van der Waals surface area contributed by atoms with Crippen molar-refractivity contribution in [2.75, 3.05) is 18.1 Å². The maximum absolute atomic E-state index is 14.0. The number of ether oxygens (including phenoxy) is 3. The number of rotatable bonds is 21. The van der Waals surface area contributed by atoms with Crippen LogP contribution >= 0.6 is 34.9 Å². The Morgan fingerprint density at radius 2 is 1.49 bits per heavy atom. The highest BCUT2D eigenvalue weighted by molar-refractivity contribution is 8.14. The molecule has 3 atom stereocenters. The number of carbonyl (C=O) groups is 4. The third-order valence-corrected chi connectivity index (χ3v) is 15.7. The topological polar surface area (TPSA) is 145 Å². The highest BCUT2D eigenvalue weighted by Crippen LogP contribution is 2.48. The third-order valence-electron chi connectivity index (χ3n) is 10.3. The molecule has 65 heavy (non-hydrogen) atoms. The minimum Gasteiger partial charge on any atom is -0.466 e. The fourth-order valence-corrected chi connectivity index (χ4v) is 11.0. The van der Waals surface area contributed by atoms with Gasteiger partial charge in [-0.25, -0.2) is 14.6 Å². The fraction of sp³-hybridized carbons (Fsp3) is 0.440. The summed E-state index contributed by atoms with van der Waals surface area (Å²) in [5.74, 6) is -0.813. The van der Waals surface area contributed by atoms with E-state index in [-0.39, 0.29) is 18.9 Å². The van der Waals surface area contributed by atoms with E-state index in [2.05, 4.69) is 108 Å². The van der Waals surface area contributed by atoms with Gasteiger partial charge in [-0.05, 0) is 74.6 Å². The van der Waals surface area contributed by atoms with Crippen LogP contribution in [0, 0.1) is 5.92 Å². The number of hydrogen-bond donors (Lipinski definition) is 2. The number of esters is 2. The zero-order chi connectivity index (χ0) is 47.3. The molecule has 1 aliphatic heterocycles. The van der Waals surface area contributed by atoms with Crippen LogP contribution in [0.5, 0.6) is 0 Å². The number of allylic oxidation sites excluding steroid dienone is 1. The first kappa shape index (κ1) is 51.3. The van der Waals surface area contributed by atoms with Crippen molar-refractivity contribution < 1.29 is 33.4 Å². The predicted octanol–water partition coefficient (Wildman–Crippen LogP) is 10.4. The molecule has 1 aromatic heterocycles. The van der Waals surface area contributed by atoms with Gasteiger partial charge in [0.05, 0.1) is 24.3 Å². The number of nitrogens with zero attached hydrogens (tertiary/aromatic N) is 2. The Hall–Kier alpha value is -4.70. The minimum absolute atomic E-state index is 0.160. The van der Waals surface area contributed by atoms with Crippen LogP contribution in [0.2, 0.25) is 25.7 Å². The Morgan fingerprint density at radius 3 is 2.03 bits per heavy atom. The molecule has 0 unspecified atom stereocenters. The van der Waals surface area contributed by atoms with E-state index in [0.29, 0.717) is 40.3 Å². The molecule has 1 aliphatic rings. The molecule has 11 nitrogen and oxygen atoms in total. The SMILES string of the molecule is CC(C)[C@H](NC(=O)[C@]1(C)CSC(c2csc(CNC(=O)OC(C)(C)C)n2)=N1)C(=O)O[C@H](/C=C/CCSC(c1ccccc1)(c1ccccc1)c1ccccc1)CC(=O)OCC[Si](C)(C)C. The molecule has 0 spiro atoms. The average Bonchev–Trinajstić information content (AvgIpc) is 3.90. The molecular formula is C50H64N4O7S3Si. The van der Waals surface area contributed by atoms with Gasteiger partial charge in [0.15, 0.2) is 0 Å². The zero-order valence-electron chi connectivity index (χ0n) is 39.1. The molecule has 0 aliphatic carbocycles. The maximum atomic E-state index is 14.0. The minimum atomic E-state index is -1.46. The second kappa shape index (κ2) is 23.2. The van der Waals surface area contributed by atoms with Crippen LogP contribution in [0.4, 0.5) is 4.79 Å². The summed E-state index contributed by atoms with van der Waals surface area (Å²) in [6, 6.07) is 31.3. The molecule has 15 heteroatoms. The van der Waals surface area contributed by atoms with Crippen molar-refractivity contribution in [3.63, 3.8) is 0 Å². The summed E-state index contributed by atoms with van der Waals surface area (Å²) < 4.78 is 16.5. The van der Waals surface area contributed by atoms with E-state index in [1.807, 2.05) is 55.3 Å². The summed E-state index contributed by atoms with van der Waals surface area (Å²) >= 11 is 4.59. The summed E-state index contributed by atoms with van der Waals surface area (Å²) in [5.41, 5.74) is 2.29. The highest BCUT2D eigenvalue weighted by Gasteiger charge is 2.42. The quantitative estimate of drug-likeness (QED) is 0.0207. The molecule has 0 saturated heterocycles. The smallest absolute Gasteiger partial charge is 0.408 e. The van der Waals surface area contributed by atoms with E-state index in [9.17, 15) is 19.2 Å². The van der Waals surface area contributed by atoms with Crippen LogP contribution in [0.3, 0.4) is 0 Å². The van der Waals surface area contributed by atoms with Gasteiger partial charge in [0, 0.05) is 19.2 Å². The van der Waals surface area contributed by atoms with Gasteiger partial charge >= 0.3 is 18.0 Å². The highest BCUT2D eigenvalue weighted by atomic mass is 32.2. The average molecular weight is 957 g/mol. The molecule has 5 rings (SSSR count). The third kappa shape index (κ3) is 15.2. The molecule has 4 aromatic rings. The maximum Gasteiger partial charge on any atom is 0.408 e. The van der Waals surface area contributed by atoms with Gasteiger partial charge in [0.1, 0.15) is 39.0 Å². The molecule has 2 N–H and O–H groups in total. The molecule has 0 bridgehead atoms. The number of thioether (sulfide) groups is 2. The zero-order valence-corrected chi connectivity index (χ0v) is 42.5. The van der Waals surface area contributed by atoms with Crippen LogP contribution < -0.4 is 10.6 Å². The Labute approximate surface area is 398 Å². The number of amides is 2. The second-order valence-corrected chi connectivity index (χ2v) is 27.5. The van der Waals surface area contributed by atoms with Crippen LogP contribution in [0.25, 0.3) is 0 Å². The van der Waals surface area contributed by atoms with Crippen molar-refractivity contribution in [2.24, 2.45) is 10.9 Å². The van der Waals surface area contributed by atoms with Gasteiger partial charge in [-0.15, -0.1) is 34.9 Å². The van der Waals surface area contributed by atoms with Gasteiger partial charge < -0.3 is 24.8 Å². The first-order valence-electron chi connectivity index (χ1n) is 22.1. The molecule has 0 fully saturated rings. The first-order valence-corrected chi connectivity index (χ1v) is 28.6. The molecule has 2 amide bonds. The van der Waals surface area contributed by atoms with E-state index in [1.165, 1.54) is 23.1 Å². The Morgan fingerprint density at radius 1 is 0.908 bits per heavy atom. The number of aliphatic imine (C=N–C) groups is 1. The molecule has 2 heterocycles. The van der Waals surface area contributed by atoms with Gasteiger partial charge in [0.25, 0.3) is 0 Å². The summed E-state index contributed by atoms with van der Waals surface area (Å²) in [5, 5.41) is 8.74. The lowest BCUT2D eigenvalue weighted by atomic mass is 9.84. The fourth-order valence-electron chi connectivity index (χ4n) is 6.85. The van der Waals surface area contributed by atoms with Crippen LogP contribution in [0.1, 0.15) is 81.8 Å². The number of nitrogens with one attached hydrogen (secondary N) is 2. The van der Waals surface area contributed by atoms with Crippen LogP contribution in [-0.2, 0) is 39.9 Å². The normalized spacial score (nSPS) is 16.4. The molecule has 3 aromatic carbocycles. The van der Waals surface area contributed by atoms with E-state index in [0.717, 1.165) is 22.7 Å². The van der Waals surface area contributed by atoms with Crippen molar-refractivity contribution in [1.29, 1.82) is 0 Å². The van der Waals surface area contributed by atoms with Crippen LogP contribution in [-0.4, -0.2) is 83.4 Å². The lowest BCUT2D eigenvalue weighted by molar-refractivity contribution is -0.156. The summed E-state index contributed by atoms with van der Waals surface area (Å²) in [4.78, 5) is 62.8. The summed E-state index contributed by atoms with van der Waals surface area (Å²) in [6.45, 7) is 17.9. The van der Waals surface area contributed by atoms with E-state index >= 15 is 0 Å². The Bertz CT molecular complexity index is 2160. The molecule has 0 saturated carbocycles. The van der Waals surface area contributed by atoms with Crippen molar-refractivity contribution in [3.05, 3.63) is 136 Å². The number of aromatic nitrogens is 1. The lowest BCUT2D eigenvalue weighted by Gasteiger charge is -2.35. The van der Waals surface area contributed by atoms with Gasteiger partial charge in [-0.3, -0.25) is 14.6 Å². The number of benzene rings is 3. The number of carbonyl (C=O) groups excluding carboxylic acids is 4. The van der Waals surface area contributed by atoms with Gasteiger partial charge in [-0.2, -0.15) is 0 Å². The van der Waals surface area contributed by atoms with Crippen molar-refractivity contribution in [3.8, 4) is 0 Å². The Kier molecular flexibility index (Phi) is 18.3. The number of hydrogen-bond acceptors (Lipinski definition) is 12. The Balaban J connectivity index is 1.28. The summed E-state index contributed by atoms with van der Waals surface area (Å²) in [6.07, 6.45) is 2.74. The molecule has 0 radical (unpaired) electrons. The first-order chi connectivity index (χ1) is 30.8. The second-order valence-electron chi connectivity index (χ2n) is 18.7. The van der Waals surface area contributed by atoms with Gasteiger partial charge in [-0.1, -0.05) is 131 Å². The number of thiazole rings is 1. The van der Waals surface area contributed by atoms with Crippen molar-refractivity contribution >= 4 is 71.9 Å². The van der Waals surface area contributed by atoms with Crippen molar-refractivity contribution in [2.45, 2.75) is 115 Å². The van der Waals surface area contributed by atoms with E-state index < -0.39 is 60.0 Å². The lowest BCUT2D eigenvalue weighted by Crippen LogP contribution is -2.53. The van der Waals surface area contributed by atoms with E-state index in [1.54, 1.807) is 33.8 Å². The standard InChI is InChI=1S/C50H64N4O7S3Si/c1-35(2)43(53-46(57)49(6)34-63-44(54-49)40-33-62-41(52-40)32-51-47(58)61-48(3,4)5)45(56)60-39(31-42(55)59-28-30-65(7,8)9)27-19-20-29-64-50(36-21-13-10-14-22-36,37-23-15-11-16-24-37)38-25-17-12-18-26-38/h10-19,21-27,33,35,39,43H,20,28-32,34H2,1-9H3,(H,51,58)(H,53,57)/b27-19+/t39-,43+,49+/m1/s1. The van der Waals surface area contributed by atoms with Crippen LogP contribution in [0.15, 0.2) is 114 Å². The number of alkyl carbamates (subject to hydrolysis) is 1. The summed E-state index contributed by atoms with van der Waals surface area (Å²) in [7, 11) is -1.46. The largest absolute Gasteiger partial charge is 0.466 e. The monoisotopic (exact) mass is 956 g/mol. The molecular weight excluding hydrogens is 893 g/mol. The molecule has 348 valence electrons. The van der Waals surface area contributed by atoms with Gasteiger partial charge in [0.2, 0.25) is 5.91 Å².